The largest absolute Gasteiger partial charge is 0.269 e. The van der Waals surface area contributed by atoms with Gasteiger partial charge in [-0.15, -0.1) is 0 Å². The number of rotatable bonds is 4. The van der Waals surface area contributed by atoms with E-state index in [-0.39, 0.29) is 11.2 Å². The van der Waals surface area contributed by atoms with Crippen molar-refractivity contribution < 1.29 is 4.92 Å². The van der Waals surface area contributed by atoms with Gasteiger partial charge >= 0.3 is 0 Å². The molecular formula is C21H14N4O3. The molecule has 0 spiro atoms. The van der Waals surface area contributed by atoms with Crippen LogP contribution >= 0.6 is 0 Å². The maximum atomic E-state index is 13.1. The smallest absolute Gasteiger partial charge is 0.268 e. The summed E-state index contributed by atoms with van der Waals surface area (Å²) in [6.07, 6.45) is 6.70. The van der Waals surface area contributed by atoms with E-state index >= 15 is 0 Å². The Labute approximate surface area is 159 Å². The highest BCUT2D eigenvalue weighted by atomic mass is 16.6. The van der Waals surface area contributed by atoms with Gasteiger partial charge in [0.25, 0.3) is 11.2 Å². The molecule has 4 rings (SSSR count). The average Bonchev–Trinajstić information content (AvgIpc) is 2.73. The summed E-state index contributed by atoms with van der Waals surface area (Å²) in [5, 5.41) is 11.3. The van der Waals surface area contributed by atoms with Gasteiger partial charge in [0.1, 0.15) is 5.82 Å². The van der Waals surface area contributed by atoms with Gasteiger partial charge in [-0.2, -0.15) is 0 Å². The molecule has 2 aromatic carbocycles. The van der Waals surface area contributed by atoms with Gasteiger partial charge in [0, 0.05) is 24.5 Å². The molecule has 0 bridgehead atoms. The number of nitro benzene ring substituents is 1. The Bertz CT molecular complexity index is 1250. The monoisotopic (exact) mass is 370 g/mol. The average molecular weight is 370 g/mol. The van der Waals surface area contributed by atoms with Crippen LogP contribution in [-0.2, 0) is 0 Å². The van der Waals surface area contributed by atoms with Crippen LogP contribution in [0.2, 0.25) is 0 Å². The molecule has 0 saturated heterocycles. The minimum atomic E-state index is -0.445. The van der Waals surface area contributed by atoms with Crippen molar-refractivity contribution in [1.82, 2.24) is 14.5 Å². The van der Waals surface area contributed by atoms with E-state index in [9.17, 15) is 14.9 Å². The molecule has 0 saturated carbocycles. The minimum Gasteiger partial charge on any atom is -0.268 e. The molecular weight excluding hydrogens is 356 g/mol. The molecule has 0 N–H and O–H groups in total. The molecule has 28 heavy (non-hydrogen) atoms. The number of non-ortho nitro benzene ring substituents is 1. The fourth-order valence-corrected chi connectivity index (χ4v) is 2.88. The molecule has 2 aromatic heterocycles. The molecule has 0 aliphatic heterocycles. The van der Waals surface area contributed by atoms with Crippen LogP contribution < -0.4 is 5.56 Å². The van der Waals surface area contributed by atoms with Gasteiger partial charge < -0.3 is 0 Å². The number of benzene rings is 2. The zero-order valence-corrected chi connectivity index (χ0v) is 14.6. The molecule has 0 amide bonds. The Balaban J connectivity index is 1.85. The molecule has 2 heterocycles. The summed E-state index contributed by atoms with van der Waals surface area (Å²) in [7, 11) is 0. The molecule has 7 nitrogen and oxygen atoms in total. The molecule has 0 aliphatic carbocycles. The maximum Gasteiger partial charge on any atom is 0.269 e. The van der Waals surface area contributed by atoms with E-state index in [1.54, 1.807) is 67.0 Å². The number of para-hydroxylation sites is 1. The van der Waals surface area contributed by atoms with E-state index < -0.39 is 4.92 Å². The number of nitro groups is 1. The Morgan fingerprint density at radius 2 is 1.64 bits per heavy atom. The third-order valence-corrected chi connectivity index (χ3v) is 4.25. The van der Waals surface area contributed by atoms with Crippen LogP contribution in [0.25, 0.3) is 28.7 Å². The number of fused-ring (bicyclic) bond motifs is 1. The van der Waals surface area contributed by atoms with E-state index in [2.05, 4.69) is 9.97 Å². The predicted octanol–water partition coefficient (Wildman–Crippen LogP) is 3.86. The number of nitrogens with zero attached hydrogens (tertiary/aromatic N) is 4. The molecule has 0 aliphatic rings. The van der Waals surface area contributed by atoms with Gasteiger partial charge in [-0.25, -0.2) is 4.98 Å². The molecule has 7 heteroatoms. The van der Waals surface area contributed by atoms with Crippen molar-refractivity contribution in [2.75, 3.05) is 0 Å². The van der Waals surface area contributed by atoms with Crippen molar-refractivity contribution in [2.24, 2.45) is 0 Å². The molecule has 0 unspecified atom stereocenters. The van der Waals surface area contributed by atoms with Gasteiger partial charge in [0.2, 0.25) is 0 Å². The van der Waals surface area contributed by atoms with Crippen molar-refractivity contribution in [1.29, 1.82) is 0 Å². The van der Waals surface area contributed by atoms with Crippen LogP contribution in [0.4, 0.5) is 5.69 Å². The van der Waals surface area contributed by atoms with Crippen LogP contribution in [0.3, 0.4) is 0 Å². The first-order chi connectivity index (χ1) is 13.6. The van der Waals surface area contributed by atoms with Crippen molar-refractivity contribution >= 4 is 28.7 Å². The highest BCUT2D eigenvalue weighted by Gasteiger charge is 2.11. The van der Waals surface area contributed by atoms with Crippen LogP contribution in [0, 0.1) is 10.1 Å². The number of hydrogen-bond acceptors (Lipinski definition) is 5. The Morgan fingerprint density at radius 3 is 2.36 bits per heavy atom. The predicted molar refractivity (Wildman–Crippen MR) is 107 cm³/mol. The van der Waals surface area contributed by atoms with Gasteiger partial charge in [0.05, 0.1) is 21.5 Å². The lowest BCUT2D eigenvalue weighted by atomic mass is 10.2. The Morgan fingerprint density at radius 1 is 0.929 bits per heavy atom. The summed E-state index contributed by atoms with van der Waals surface area (Å²) in [6, 6.07) is 16.8. The topological polar surface area (TPSA) is 90.9 Å². The first kappa shape index (κ1) is 17.3. The maximum absolute atomic E-state index is 13.1. The summed E-state index contributed by atoms with van der Waals surface area (Å²) in [5.41, 5.74) is 1.85. The number of hydrogen-bond donors (Lipinski definition) is 0. The van der Waals surface area contributed by atoms with Gasteiger partial charge in [0.15, 0.2) is 0 Å². The molecule has 0 atom stereocenters. The SMILES string of the molecule is O=c1c2ccccc2nc(/C=C/c2ccc([N+](=O)[O-])cc2)n1-c1ccncc1. The van der Waals surface area contributed by atoms with Crippen LogP contribution in [-0.4, -0.2) is 19.5 Å². The van der Waals surface area contributed by atoms with Crippen LogP contribution in [0.15, 0.2) is 77.9 Å². The first-order valence-corrected chi connectivity index (χ1v) is 8.48. The molecule has 4 aromatic rings. The lowest BCUT2D eigenvalue weighted by molar-refractivity contribution is -0.384. The van der Waals surface area contributed by atoms with E-state index in [4.69, 9.17) is 0 Å². The quantitative estimate of drug-likeness (QED) is 0.402. The van der Waals surface area contributed by atoms with E-state index in [0.717, 1.165) is 5.56 Å². The Kier molecular flexibility index (Phi) is 4.47. The first-order valence-electron chi connectivity index (χ1n) is 8.48. The van der Waals surface area contributed by atoms with Crippen LogP contribution in [0.5, 0.6) is 0 Å². The zero-order valence-electron chi connectivity index (χ0n) is 14.6. The Hall–Kier alpha value is -4.13. The normalized spacial score (nSPS) is 11.1. The summed E-state index contributed by atoms with van der Waals surface area (Å²) in [6.45, 7) is 0. The third-order valence-electron chi connectivity index (χ3n) is 4.25. The highest BCUT2D eigenvalue weighted by Crippen LogP contribution is 2.16. The fourth-order valence-electron chi connectivity index (χ4n) is 2.88. The lowest BCUT2D eigenvalue weighted by Gasteiger charge is -2.11. The second-order valence-corrected chi connectivity index (χ2v) is 6.02. The van der Waals surface area contributed by atoms with Crippen molar-refractivity contribution in [3.05, 3.63) is 105 Å². The van der Waals surface area contributed by atoms with Crippen molar-refractivity contribution in [2.45, 2.75) is 0 Å². The van der Waals surface area contributed by atoms with Gasteiger partial charge in [-0.1, -0.05) is 18.2 Å². The summed E-state index contributed by atoms with van der Waals surface area (Å²) in [4.78, 5) is 32.0. The summed E-state index contributed by atoms with van der Waals surface area (Å²) < 4.78 is 1.52. The van der Waals surface area contributed by atoms with Crippen LogP contribution in [0.1, 0.15) is 11.4 Å². The lowest BCUT2D eigenvalue weighted by Crippen LogP contribution is -2.22. The third kappa shape index (κ3) is 3.28. The molecule has 0 fully saturated rings. The number of aromatic nitrogens is 3. The van der Waals surface area contributed by atoms with E-state index in [0.29, 0.717) is 22.4 Å². The minimum absolute atomic E-state index is 0.0228. The summed E-state index contributed by atoms with van der Waals surface area (Å²) >= 11 is 0. The van der Waals surface area contributed by atoms with Gasteiger partial charge in [-0.05, 0) is 48.0 Å². The van der Waals surface area contributed by atoms with E-state index in [1.165, 1.54) is 16.7 Å². The second kappa shape index (κ2) is 7.24. The van der Waals surface area contributed by atoms with E-state index in [1.807, 2.05) is 6.07 Å². The van der Waals surface area contributed by atoms with Crippen molar-refractivity contribution in [3.63, 3.8) is 0 Å². The van der Waals surface area contributed by atoms with Gasteiger partial charge in [-0.3, -0.25) is 24.5 Å². The standard InChI is InChI=1S/C21H14N4O3/c26-21-18-3-1-2-4-19(18)23-20(24(21)16-11-13-22-14-12-16)10-7-15-5-8-17(9-6-15)25(27)28/h1-14H/b10-7+. The molecule has 0 radical (unpaired) electrons. The van der Waals surface area contributed by atoms with Crippen molar-refractivity contribution in [3.8, 4) is 5.69 Å². The zero-order chi connectivity index (χ0) is 19.5. The number of pyridine rings is 1. The fraction of sp³-hybridized carbons (Fsp3) is 0. The summed E-state index contributed by atoms with van der Waals surface area (Å²) in [5.74, 6) is 0.452. The molecule has 136 valence electrons. The second-order valence-electron chi connectivity index (χ2n) is 6.02. The highest BCUT2D eigenvalue weighted by molar-refractivity contribution is 5.80.